The lowest BCUT2D eigenvalue weighted by atomic mass is 9.95. The molecule has 2 heterocycles. The van der Waals surface area contributed by atoms with E-state index in [9.17, 15) is 4.79 Å². The summed E-state index contributed by atoms with van der Waals surface area (Å²) in [6.45, 7) is 0.821. The van der Waals surface area contributed by atoms with Crippen LogP contribution in [0.4, 0.5) is 0 Å². The predicted molar refractivity (Wildman–Crippen MR) is 87.3 cm³/mol. The summed E-state index contributed by atoms with van der Waals surface area (Å²) in [5, 5.41) is 4.03. The monoisotopic (exact) mass is 310 g/mol. The summed E-state index contributed by atoms with van der Waals surface area (Å²) in [5.41, 5.74) is 1.77. The molecule has 1 saturated carbocycles. The molecule has 0 radical (unpaired) electrons. The van der Waals surface area contributed by atoms with Gasteiger partial charge in [0.15, 0.2) is 5.69 Å². The average Bonchev–Trinajstić information content (AvgIpc) is 3.33. The van der Waals surface area contributed by atoms with Gasteiger partial charge in [-0.25, -0.2) is 0 Å². The number of hydrogen-bond donors (Lipinski definition) is 0. The molecule has 4 rings (SSSR count). The largest absolute Gasteiger partial charge is 0.360 e. The molecule has 0 unspecified atom stereocenters. The molecule has 1 aromatic carbocycles. The van der Waals surface area contributed by atoms with E-state index in [0.29, 0.717) is 11.6 Å². The van der Waals surface area contributed by atoms with Crippen LogP contribution in [0.5, 0.6) is 0 Å². The van der Waals surface area contributed by atoms with E-state index in [2.05, 4.69) is 29.4 Å². The molecule has 1 saturated heterocycles. The van der Waals surface area contributed by atoms with Crippen molar-refractivity contribution in [3.8, 4) is 0 Å². The Morgan fingerprint density at radius 1 is 1.17 bits per heavy atom. The first-order valence-corrected chi connectivity index (χ1v) is 8.63. The number of benzene rings is 1. The molecule has 2 fully saturated rings. The van der Waals surface area contributed by atoms with Crippen molar-refractivity contribution in [1.82, 2.24) is 10.1 Å². The highest BCUT2D eigenvalue weighted by molar-refractivity contribution is 5.92. The second-order valence-electron chi connectivity index (χ2n) is 6.73. The molecule has 0 N–H and O–H groups in total. The Kier molecular flexibility index (Phi) is 3.90. The number of hydrogen-bond acceptors (Lipinski definition) is 3. The molecule has 2 aliphatic rings. The summed E-state index contributed by atoms with van der Waals surface area (Å²) in [6.07, 6.45) is 6.55. The van der Waals surface area contributed by atoms with Gasteiger partial charge in [-0.1, -0.05) is 35.5 Å². The van der Waals surface area contributed by atoms with E-state index >= 15 is 0 Å². The van der Waals surface area contributed by atoms with Gasteiger partial charge in [0, 0.05) is 24.6 Å². The number of piperidine rings is 1. The molecule has 1 atom stereocenters. The highest BCUT2D eigenvalue weighted by Gasteiger charge is 2.32. The summed E-state index contributed by atoms with van der Waals surface area (Å²) >= 11 is 0. The first-order valence-electron chi connectivity index (χ1n) is 8.63. The molecule has 4 heteroatoms. The van der Waals surface area contributed by atoms with Crippen LogP contribution in [0.2, 0.25) is 0 Å². The lowest BCUT2D eigenvalue weighted by Crippen LogP contribution is -2.45. The summed E-state index contributed by atoms with van der Waals surface area (Å²) in [4.78, 5) is 14.9. The molecule has 0 bridgehead atoms. The molecule has 1 aromatic heterocycles. The number of rotatable bonds is 4. The van der Waals surface area contributed by atoms with E-state index in [1.54, 1.807) is 0 Å². The van der Waals surface area contributed by atoms with Crippen molar-refractivity contribution in [2.45, 2.75) is 50.5 Å². The van der Waals surface area contributed by atoms with Gasteiger partial charge in [0.1, 0.15) is 5.76 Å². The summed E-state index contributed by atoms with van der Waals surface area (Å²) in [7, 11) is 0. The number of likely N-dealkylation sites (tertiary alicyclic amines) is 1. The van der Waals surface area contributed by atoms with Gasteiger partial charge in [0.2, 0.25) is 0 Å². The lowest BCUT2D eigenvalue weighted by molar-refractivity contribution is 0.0603. The molecular formula is C19H22N2O2. The van der Waals surface area contributed by atoms with Gasteiger partial charge in [0.25, 0.3) is 5.91 Å². The van der Waals surface area contributed by atoms with Gasteiger partial charge in [0.05, 0.1) is 0 Å². The van der Waals surface area contributed by atoms with Crippen molar-refractivity contribution >= 4 is 5.91 Å². The van der Waals surface area contributed by atoms with E-state index in [-0.39, 0.29) is 11.9 Å². The third kappa shape index (κ3) is 3.16. The fourth-order valence-corrected chi connectivity index (χ4v) is 3.46. The van der Waals surface area contributed by atoms with Crippen LogP contribution in [-0.4, -0.2) is 28.6 Å². The topological polar surface area (TPSA) is 46.3 Å². The molecule has 1 aliphatic heterocycles. The number of aromatic nitrogens is 1. The molecule has 2 aromatic rings. The van der Waals surface area contributed by atoms with Crippen LogP contribution < -0.4 is 0 Å². The molecule has 23 heavy (non-hydrogen) atoms. The Hall–Kier alpha value is -2.10. The zero-order valence-electron chi connectivity index (χ0n) is 13.3. The van der Waals surface area contributed by atoms with Crippen molar-refractivity contribution in [2.75, 3.05) is 6.54 Å². The minimum absolute atomic E-state index is 0.0290. The fraction of sp³-hybridized carbons (Fsp3) is 0.474. The molecule has 1 amide bonds. The van der Waals surface area contributed by atoms with E-state index in [1.807, 2.05) is 17.0 Å². The predicted octanol–water partition coefficient (Wildman–Crippen LogP) is 3.79. The normalized spacial score (nSPS) is 21.4. The first-order chi connectivity index (χ1) is 11.3. The maximum absolute atomic E-state index is 12.9. The molecule has 1 aliphatic carbocycles. The van der Waals surface area contributed by atoms with Crippen LogP contribution in [0.3, 0.4) is 0 Å². The Bertz CT molecular complexity index is 676. The number of amides is 1. The van der Waals surface area contributed by atoms with Crippen LogP contribution in [0, 0.1) is 0 Å². The van der Waals surface area contributed by atoms with E-state index in [1.165, 1.54) is 12.0 Å². The van der Waals surface area contributed by atoms with Crippen molar-refractivity contribution in [2.24, 2.45) is 0 Å². The molecule has 4 nitrogen and oxygen atoms in total. The Morgan fingerprint density at radius 3 is 2.78 bits per heavy atom. The van der Waals surface area contributed by atoms with Gasteiger partial charge in [-0.2, -0.15) is 0 Å². The van der Waals surface area contributed by atoms with Gasteiger partial charge in [-0.3, -0.25) is 4.79 Å². The smallest absolute Gasteiger partial charge is 0.276 e. The van der Waals surface area contributed by atoms with Crippen LogP contribution in [0.25, 0.3) is 0 Å². The van der Waals surface area contributed by atoms with E-state index in [4.69, 9.17) is 4.52 Å². The van der Waals surface area contributed by atoms with E-state index < -0.39 is 0 Å². The zero-order chi connectivity index (χ0) is 15.6. The van der Waals surface area contributed by atoms with Crippen molar-refractivity contribution in [1.29, 1.82) is 0 Å². The summed E-state index contributed by atoms with van der Waals surface area (Å²) < 4.78 is 5.36. The molecule has 120 valence electrons. The van der Waals surface area contributed by atoms with Crippen molar-refractivity contribution in [3.63, 3.8) is 0 Å². The number of nitrogens with zero attached hydrogens (tertiary/aromatic N) is 2. The highest BCUT2D eigenvalue weighted by atomic mass is 16.5. The number of carbonyl (C=O) groups is 1. The first kappa shape index (κ1) is 14.5. The highest BCUT2D eigenvalue weighted by Crippen LogP contribution is 2.40. The number of carbonyl (C=O) groups excluding carboxylic acids is 1. The van der Waals surface area contributed by atoms with Crippen LogP contribution >= 0.6 is 0 Å². The fourth-order valence-electron chi connectivity index (χ4n) is 3.46. The maximum atomic E-state index is 12.9. The third-order valence-electron chi connectivity index (χ3n) is 4.93. The average molecular weight is 310 g/mol. The standard InChI is InChI=1S/C19H22N2O2/c22-19(17-13-18(23-20-17)15-9-10-15)21-11-5-4-8-16(21)12-14-6-2-1-3-7-14/h1-3,6-7,13,15-16H,4-5,8-12H2/t16-/m1/s1. The van der Waals surface area contributed by atoms with Gasteiger partial charge in [-0.15, -0.1) is 0 Å². The van der Waals surface area contributed by atoms with Crippen LogP contribution in [0.15, 0.2) is 40.9 Å². The second-order valence-corrected chi connectivity index (χ2v) is 6.73. The van der Waals surface area contributed by atoms with Crippen LogP contribution in [0.1, 0.15) is 59.8 Å². The molecular weight excluding hydrogens is 288 g/mol. The van der Waals surface area contributed by atoms with Gasteiger partial charge >= 0.3 is 0 Å². The molecule has 0 spiro atoms. The Balaban J connectivity index is 1.50. The minimum atomic E-state index is 0.0290. The van der Waals surface area contributed by atoms with E-state index in [0.717, 1.165) is 44.4 Å². The summed E-state index contributed by atoms with van der Waals surface area (Å²) in [6, 6.07) is 12.5. The maximum Gasteiger partial charge on any atom is 0.276 e. The SMILES string of the molecule is O=C(c1cc(C2CC2)on1)N1CCCC[C@@H]1Cc1ccccc1. The summed E-state index contributed by atoms with van der Waals surface area (Å²) in [5.74, 6) is 1.40. The Morgan fingerprint density at radius 2 is 2.00 bits per heavy atom. The van der Waals surface area contributed by atoms with Gasteiger partial charge in [-0.05, 0) is 44.1 Å². The van der Waals surface area contributed by atoms with Crippen LogP contribution in [-0.2, 0) is 6.42 Å². The Labute approximate surface area is 136 Å². The second kappa shape index (κ2) is 6.19. The third-order valence-corrected chi connectivity index (χ3v) is 4.93. The zero-order valence-corrected chi connectivity index (χ0v) is 13.3. The van der Waals surface area contributed by atoms with Crippen molar-refractivity contribution < 1.29 is 9.32 Å². The lowest BCUT2D eigenvalue weighted by Gasteiger charge is -2.35. The van der Waals surface area contributed by atoms with Crippen molar-refractivity contribution in [3.05, 3.63) is 53.4 Å². The quantitative estimate of drug-likeness (QED) is 0.863. The minimum Gasteiger partial charge on any atom is -0.360 e. The van der Waals surface area contributed by atoms with Gasteiger partial charge < -0.3 is 9.42 Å².